The molecular formula is C18H16BrNO4. The van der Waals surface area contributed by atoms with E-state index in [0.717, 1.165) is 4.47 Å². The molecule has 1 N–H and O–H groups in total. The predicted molar refractivity (Wildman–Crippen MR) is 93.8 cm³/mol. The van der Waals surface area contributed by atoms with E-state index in [2.05, 4.69) is 21.2 Å². The van der Waals surface area contributed by atoms with Crippen LogP contribution in [0.25, 0.3) is 0 Å². The number of nitrogens with one attached hydrogen (secondary N) is 1. The number of Topliss-reactive ketones (excluding diaryl/α,β-unsaturated/α-hetero) is 1. The van der Waals surface area contributed by atoms with Crippen molar-refractivity contribution in [2.24, 2.45) is 0 Å². The van der Waals surface area contributed by atoms with Crippen LogP contribution in [0.1, 0.15) is 23.2 Å². The van der Waals surface area contributed by atoms with E-state index in [1.807, 2.05) is 18.2 Å². The molecule has 1 aliphatic heterocycles. The zero-order chi connectivity index (χ0) is 16.9. The molecule has 124 valence electrons. The molecule has 0 atom stereocenters. The zero-order valence-corrected chi connectivity index (χ0v) is 14.5. The lowest BCUT2D eigenvalue weighted by atomic mass is 10.1. The van der Waals surface area contributed by atoms with E-state index in [4.69, 9.17) is 9.47 Å². The van der Waals surface area contributed by atoms with Crippen LogP contribution in [-0.4, -0.2) is 24.9 Å². The van der Waals surface area contributed by atoms with Gasteiger partial charge >= 0.3 is 0 Å². The number of carbonyl (C=O) groups is 2. The van der Waals surface area contributed by atoms with Crippen LogP contribution in [-0.2, 0) is 4.79 Å². The highest BCUT2D eigenvalue weighted by atomic mass is 79.9. The highest BCUT2D eigenvalue weighted by molar-refractivity contribution is 9.10. The van der Waals surface area contributed by atoms with Crippen LogP contribution in [0.15, 0.2) is 46.9 Å². The standard InChI is InChI=1S/C18H16BrNO4/c19-13-3-1-2-4-14(13)20-18(22)8-6-15(21)12-5-7-16-17(11-12)24-10-9-23-16/h1-5,7,11H,6,8-10H2,(H,20,22). The fourth-order valence-electron chi connectivity index (χ4n) is 2.36. The Kier molecular flexibility index (Phi) is 5.15. The van der Waals surface area contributed by atoms with Crippen LogP contribution in [0, 0.1) is 0 Å². The van der Waals surface area contributed by atoms with Gasteiger partial charge in [0.1, 0.15) is 13.2 Å². The summed E-state index contributed by atoms with van der Waals surface area (Å²) in [5.41, 5.74) is 1.21. The second-order valence-electron chi connectivity index (χ2n) is 5.31. The second-order valence-corrected chi connectivity index (χ2v) is 6.16. The maximum absolute atomic E-state index is 12.3. The highest BCUT2D eigenvalue weighted by Crippen LogP contribution is 2.31. The average molecular weight is 390 g/mol. The molecule has 0 unspecified atom stereocenters. The third-order valence-corrected chi connectivity index (χ3v) is 4.28. The maximum Gasteiger partial charge on any atom is 0.224 e. The van der Waals surface area contributed by atoms with Crippen LogP contribution in [0.3, 0.4) is 0 Å². The van der Waals surface area contributed by atoms with Crippen LogP contribution in [0.2, 0.25) is 0 Å². The third kappa shape index (κ3) is 3.94. The molecule has 0 aliphatic carbocycles. The number of fused-ring (bicyclic) bond motifs is 1. The Morgan fingerprint density at radius 2 is 1.75 bits per heavy atom. The van der Waals surface area contributed by atoms with Crippen LogP contribution < -0.4 is 14.8 Å². The normalized spacial score (nSPS) is 12.5. The van der Waals surface area contributed by atoms with Crippen molar-refractivity contribution in [1.82, 2.24) is 0 Å². The molecule has 24 heavy (non-hydrogen) atoms. The van der Waals surface area contributed by atoms with Gasteiger partial charge in [-0.25, -0.2) is 0 Å². The van der Waals surface area contributed by atoms with Gasteiger partial charge in [-0.1, -0.05) is 12.1 Å². The summed E-state index contributed by atoms with van der Waals surface area (Å²) in [5.74, 6) is 0.913. The van der Waals surface area contributed by atoms with Gasteiger partial charge in [0.05, 0.1) is 5.69 Å². The Morgan fingerprint density at radius 3 is 2.54 bits per heavy atom. The van der Waals surface area contributed by atoms with Gasteiger partial charge in [-0.3, -0.25) is 9.59 Å². The van der Waals surface area contributed by atoms with E-state index in [-0.39, 0.29) is 24.5 Å². The Hall–Kier alpha value is -2.34. The van der Waals surface area contributed by atoms with Crippen molar-refractivity contribution in [3.8, 4) is 11.5 Å². The monoisotopic (exact) mass is 389 g/mol. The molecule has 3 rings (SSSR count). The topological polar surface area (TPSA) is 64.6 Å². The smallest absolute Gasteiger partial charge is 0.224 e. The first-order valence-electron chi connectivity index (χ1n) is 7.61. The number of amides is 1. The number of para-hydroxylation sites is 1. The molecule has 0 saturated heterocycles. The maximum atomic E-state index is 12.3. The van der Waals surface area contributed by atoms with Gasteiger partial charge in [0.2, 0.25) is 5.91 Å². The van der Waals surface area contributed by atoms with Gasteiger partial charge in [0, 0.05) is 22.9 Å². The number of benzene rings is 2. The molecule has 1 heterocycles. The minimum atomic E-state index is -0.201. The Bertz CT molecular complexity index is 775. The SMILES string of the molecule is O=C(CCC(=O)c1ccc2c(c1)OCCO2)Nc1ccccc1Br. The minimum Gasteiger partial charge on any atom is -0.486 e. The van der Waals surface area contributed by atoms with Crippen LogP contribution in [0.5, 0.6) is 11.5 Å². The van der Waals surface area contributed by atoms with Crippen molar-refractivity contribution in [2.45, 2.75) is 12.8 Å². The first kappa shape index (κ1) is 16.5. The summed E-state index contributed by atoms with van der Waals surface area (Å²) in [4.78, 5) is 24.3. The number of carbonyl (C=O) groups excluding carboxylic acids is 2. The van der Waals surface area contributed by atoms with E-state index < -0.39 is 0 Å². The molecule has 0 fully saturated rings. The van der Waals surface area contributed by atoms with Crippen molar-refractivity contribution in [1.29, 1.82) is 0 Å². The number of rotatable bonds is 5. The Balaban J connectivity index is 1.57. The van der Waals surface area contributed by atoms with Crippen molar-refractivity contribution >= 4 is 33.3 Å². The summed E-state index contributed by atoms with van der Waals surface area (Å²) in [6, 6.07) is 12.4. The molecule has 2 aromatic rings. The summed E-state index contributed by atoms with van der Waals surface area (Å²) in [7, 11) is 0. The lowest BCUT2D eigenvalue weighted by molar-refractivity contribution is -0.116. The molecule has 2 aromatic carbocycles. The first-order chi connectivity index (χ1) is 11.6. The molecule has 0 spiro atoms. The molecule has 0 saturated carbocycles. The zero-order valence-electron chi connectivity index (χ0n) is 12.9. The largest absolute Gasteiger partial charge is 0.486 e. The van der Waals surface area contributed by atoms with Crippen molar-refractivity contribution in [3.63, 3.8) is 0 Å². The van der Waals surface area contributed by atoms with E-state index in [1.54, 1.807) is 24.3 Å². The summed E-state index contributed by atoms with van der Waals surface area (Å²) >= 11 is 3.37. The lowest BCUT2D eigenvalue weighted by Gasteiger charge is -2.18. The molecule has 0 bridgehead atoms. The molecule has 0 radical (unpaired) electrons. The number of halogens is 1. The first-order valence-corrected chi connectivity index (χ1v) is 8.40. The van der Waals surface area contributed by atoms with Crippen molar-refractivity contribution < 1.29 is 19.1 Å². The van der Waals surface area contributed by atoms with Crippen molar-refractivity contribution in [3.05, 3.63) is 52.5 Å². The fraction of sp³-hybridized carbons (Fsp3) is 0.222. The van der Waals surface area contributed by atoms with E-state index >= 15 is 0 Å². The highest BCUT2D eigenvalue weighted by Gasteiger charge is 2.16. The summed E-state index contributed by atoms with van der Waals surface area (Å²) in [6.07, 6.45) is 0.255. The fourth-order valence-corrected chi connectivity index (χ4v) is 2.75. The third-order valence-electron chi connectivity index (χ3n) is 3.59. The van der Waals surface area contributed by atoms with E-state index in [9.17, 15) is 9.59 Å². The summed E-state index contributed by atoms with van der Waals surface area (Å²) in [6.45, 7) is 0.981. The number of ketones is 1. The Labute approximate surface area is 148 Å². The van der Waals surface area contributed by atoms with Crippen LogP contribution in [0.4, 0.5) is 5.69 Å². The van der Waals surface area contributed by atoms with Gasteiger partial charge in [0.15, 0.2) is 17.3 Å². The van der Waals surface area contributed by atoms with E-state index in [1.165, 1.54) is 0 Å². The molecule has 1 aliphatic rings. The minimum absolute atomic E-state index is 0.103. The molecule has 5 nitrogen and oxygen atoms in total. The average Bonchev–Trinajstić information content (AvgIpc) is 2.61. The number of anilines is 1. The number of hydrogen-bond acceptors (Lipinski definition) is 4. The second kappa shape index (κ2) is 7.49. The van der Waals surface area contributed by atoms with Crippen molar-refractivity contribution in [2.75, 3.05) is 18.5 Å². The quantitative estimate of drug-likeness (QED) is 0.789. The van der Waals surface area contributed by atoms with Gasteiger partial charge < -0.3 is 14.8 Å². The van der Waals surface area contributed by atoms with Gasteiger partial charge in [-0.05, 0) is 46.3 Å². The molecular weight excluding hydrogens is 374 g/mol. The summed E-state index contributed by atoms with van der Waals surface area (Å²) < 4.78 is 11.7. The molecule has 6 heteroatoms. The van der Waals surface area contributed by atoms with Gasteiger partial charge in [-0.15, -0.1) is 0 Å². The van der Waals surface area contributed by atoms with Gasteiger partial charge in [-0.2, -0.15) is 0 Å². The Morgan fingerprint density at radius 1 is 1.00 bits per heavy atom. The summed E-state index contributed by atoms with van der Waals surface area (Å²) in [5, 5.41) is 2.78. The molecule has 0 aromatic heterocycles. The number of ether oxygens (including phenoxy) is 2. The molecule has 1 amide bonds. The number of hydrogen-bond donors (Lipinski definition) is 1. The lowest BCUT2D eigenvalue weighted by Crippen LogP contribution is -2.16. The van der Waals surface area contributed by atoms with E-state index in [0.29, 0.717) is 36.0 Å². The predicted octanol–water partition coefficient (Wildman–Crippen LogP) is 3.82. The van der Waals surface area contributed by atoms with Gasteiger partial charge in [0.25, 0.3) is 0 Å². The van der Waals surface area contributed by atoms with Crippen LogP contribution >= 0.6 is 15.9 Å².